The molecule has 0 unspecified atom stereocenters. The van der Waals surface area contributed by atoms with Crippen molar-refractivity contribution in [2.24, 2.45) is 0 Å². The Labute approximate surface area is 137 Å². The van der Waals surface area contributed by atoms with Crippen molar-refractivity contribution >= 4 is 32.5 Å². The molecule has 0 radical (unpaired) electrons. The van der Waals surface area contributed by atoms with E-state index in [4.69, 9.17) is 9.15 Å². The third-order valence-corrected chi connectivity index (χ3v) is 4.42. The van der Waals surface area contributed by atoms with Crippen LogP contribution in [0.25, 0.3) is 32.5 Å². The maximum Gasteiger partial charge on any atom is 0.344 e. The van der Waals surface area contributed by atoms with Gasteiger partial charge in [-0.05, 0) is 35.4 Å². The Bertz CT molecular complexity index is 1140. The predicted molar refractivity (Wildman–Crippen MR) is 94.7 cm³/mol. The van der Waals surface area contributed by atoms with Crippen molar-refractivity contribution in [3.05, 3.63) is 64.5 Å². The average molecular weight is 320 g/mol. The van der Waals surface area contributed by atoms with Crippen LogP contribution < -0.4 is 10.4 Å². The lowest BCUT2D eigenvalue weighted by Gasteiger charge is -2.14. The van der Waals surface area contributed by atoms with Gasteiger partial charge in [0.1, 0.15) is 0 Å². The van der Waals surface area contributed by atoms with Gasteiger partial charge >= 0.3 is 5.63 Å². The SMILES string of the molecule is COc1ccc([C@H](C)O)c2c1oc(=O)c1ccc3ccccc3c12. The van der Waals surface area contributed by atoms with E-state index in [2.05, 4.69) is 0 Å². The lowest BCUT2D eigenvalue weighted by molar-refractivity contribution is 0.201. The largest absolute Gasteiger partial charge is 0.493 e. The minimum absolute atomic E-state index is 0.366. The Morgan fingerprint density at radius 2 is 1.79 bits per heavy atom. The van der Waals surface area contributed by atoms with Crippen molar-refractivity contribution in [3.8, 4) is 5.75 Å². The van der Waals surface area contributed by atoms with Crippen molar-refractivity contribution in [3.63, 3.8) is 0 Å². The van der Waals surface area contributed by atoms with Crippen LogP contribution in [0.5, 0.6) is 5.75 Å². The summed E-state index contributed by atoms with van der Waals surface area (Å²) in [6, 6.07) is 15.1. The van der Waals surface area contributed by atoms with Crippen LogP contribution in [0.15, 0.2) is 57.7 Å². The number of ether oxygens (including phenoxy) is 1. The second-order valence-corrected chi connectivity index (χ2v) is 5.84. The van der Waals surface area contributed by atoms with E-state index < -0.39 is 11.7 Å². The third kappa shape index (κ3) is 2.00. The molecule has 0 bridgehead atoms. The average Bonchev–Trinajstić information content (AvgIpc) is 2.60. The molecule has 4 rings (SSSR count). The number of hydrogen-bond acceptors (Lipinski definition) is 4. The highest BCUT2D eigenvalue weighted by Crippen LogP contribution is 2.38. The minimum atomic E-state index is -0.701. The summed E-state index contributed by atoms with van der Waals surface area (Å²) in [5.41, 5.74) is 0.657. The molecule has 1 aromatic heterocycles. The Hall–Kier alpha value is -2.85. The fraction of sp³-hybridized carbons (Fsp3) is 0.150. The third-order valence-electron chi connectivity index (χ3n) is 4.42. The van der Waals surface area contributed by atoms with E-state index in [1.807, 2.05) is 36.4 Å². The van der Waals surface area contributed by atoms with Crippen LogP contribution in [0.3, 0.4) is 0 Å². The number of benzene rings is 3. The van der Waals surface area contributed by atoms with Gasteiger partial charge in [-0.25, -0.2) is 4.79 Å². The first-order valence-corrected chi connectivity index (χ1v) is 7.75. The van der Waals surface area contributed by atoms with Gasteiger partial charge in [0, 0.05) is 10.8 Å². The molecule has 4 nitrogen and oxygen atoms in total. The van der Waals surface area contributed by atoms with Crippen LogP contribution in [-0.2, 0) is 0 Å². The number of aliphatic hydroxyl groups is 1. The lowest BCUT2D eigenvalue weighted by atomic mass is 9.95. The highest BCUT2D eigenvalue weighted by molar-refractivity contribution is 6.20. The van der Waals surface area contributed by atoms with E-state index in [9.17, 15) is 9.90 Å². The topological polar surface area (TPSA) is 59.7 Å². The number of rotatable bonds is 2. The summed E-state index contributed by atoms with van der Waals surface area (Å²) in [6.45, 7) is 1.70. The molecule has 0 spiro atoms. The van der Waals surface area contributed by atoms with Crippen molar-refractivity contribution < 1.29 is 14.3 Å². The van der Waals surface area contributed by atoms with E-state index in [-0.39, 0.29) is 0 Å². The summed E-state index contributed by atoms with van der Waals surface area (Å²) in [4.78, 5) is 12.5. The van der Waals surface area contributed by atoms with E-state index in [1.165, 1.54) is 7.11 Å². The lowest BCUT2D eigenvalue weighted by Crippen LogP contribution is -2.04. The van der Waals surface area contributed by atoms with Crippen molar-refractivity contribution in [2.45, 2.75) is 13.0 Å². The van der Waals surface area contributed by atoms with Gasteiger partial charge in [0.05, 0.1) is 18.6 Å². The standard InChI is InChI=1S/C20H16O4/c1-11(21)13-9-10-16(23-2)19-18(13)17-14-6-4-3-5-12(14)7-8-15(17)20(22)24-19/h3-11,21H,1-2H3/t11-/m0/s1. The Morgan fingerprint density at radius 1 is 1.00 bits per heavy atom. The molecular weight excluding hydrogens is 304 g/mol. The summed E-state index contributed by atoms with van der Waals surface area (Å²) < 4.78 is 10.9. The molecule has 0 aliphatic rings. The molecule has 120 valence electrons. The first kappa shape index (κ1) is 14.7. The van der Waals surface area contributed by atoms with Crippen LogP contribution in [0, 0.1) is 0 Å². The molecule has 24 heavy (non-hydrogen) atoms. The van der Waals surface area contributed by atoms with Gasteiger partial charge in [0.15, 0.2) is 11.3 Å². The molecule has 4 aromatic rings. The molecule has 3 aromatic carbocycles. The monoisotopic (exact) mass is 320 g/mol. The molecule has 4 heteroatoms. The summed E-state index contributed by atoms with van der Waals surface area (Å²) in [5, 5.41) is 14.2. The molecule has 1 atom stereocenters. The Morgan fingerprint density at radius 3 is 2.54 bits per heavy atom. The van der Waals surface area contributed by atoms with Crippen LogP contribution in [0.1, 0.15) is 18.6 Å². The van der Waals surface area contributed by atoms with Gasteiger partial charge < -0.3 is 14.3 Å². The first-order chi connectivity index (χ1) is 11.6. The number of methoxy groups -OCH3 is 1. The van der Waals surface area contributed by atoms with Crippen LogP contribution in [0.4, 0.5) is 0 Å². The molecule has 1 N–H and O–H groups in total. The molecule has 0 saturated carbocycles. The zero-order chi connectivity index (χ0) is 16.8. The molecule has 0 saturated heterocycles. The Balaban J connectivity index is 2.40. The predicted octanol–water partition coefficient (Wildman–Crippen LogP) is 4.16. The number of hydrogen-bond donors (Lipinski definition) is 1. The number of fused-ring (bicyclic) bond motifs is 5. The zero-order valence-corrected chi connectivity index (χ0v) is 13.4. The number of aliphatic hydroxyl groups excluding tert-OH is 1. The molecule has 0 aliphatic carbocycles. The maximum absolute atomic E-state index is 12.5. The molecule has 0 aliphatic heterocycles. The maximum atomic E-state index is 12.5. The van der Waals surface area contributed by atoms with Gasteiger partial charge in [-0.15, -0.1) is 0 Å². The fourth-order valence-corrected chi connectivity index (χ4v) is 3.31. The van der Waals surface area contributed by atoms with Crippen LogP contribution >= 0.6 is 0 Å². The molecule has 0 amide bonds. The van der Waals surface area contributed by atoms with Gasteiger partial charge in [-0.3, -0.25) is 0 Å². The first-order valence-electron chi connectivity index (χ1n) is 7.75. The van der Waals surface area contributed by atoms with E-state index in [0.717, 1.165) is 21.5 Å². The summed E-state index contributed by atoms with van der Waals surface area (Å²) >= 11 is 0. The second kappa shape index (κ2) is 5.35. The Kier molecular flexibility index (Phi) is 3.28. The van der Waals surface area contributed by atoms with Gasteiger partial charge in [-0.2, -0.15) is 0 Å². The summed E-state index contributed by atoms with van der Waals surface area (Å²) in [7, 11) is 1.53. The fourth-order valence-electron chi connectivity index (χ4n) is 3.31. The van der Waals surface area contributed by atoms with E-state index in [1.54, 1.807) is 19.1 Å². The molecule has 0 fully saturated rings. The van der Waals surface area contributed by atoms with Crippen LogP contribution in [0.2, 0.25) is 0 Å². The zero-order valence-electron chi connectivity index (χ0n) is 13.4. The van der Waals surface area contributed by atoms with Gasteiger partial charge in [-0.1, -0.05) is 36.4 Å². The van der Waals surface area contributed by atoms with Crippen molar-refractivity contribution in [1.82, 2.24) is 0 Å². The van der Waals surface area contributed by atoms with Crippen molar-refractivity contribution in [2.75, 3.05) is 7.11 Å². The summed E-state index contributed by atoms with van der Waals surface area (Å²) in [5.74, 6) is 0.473. The highest BCUT2D eigenvalue weighted by atomic mass is 16.5. The van der Waals surface area contributed by atoms with Gasteiger partial charge in [0.25, 0.3) is 0 Å². The van der Waals surface area contributed by atoms with E-state index in [0.29, 0.717) is 22.3 Å². The van der Waals surface area contributed by atoms with Crippen molar-refractivity contribution in [1.29, 1.82) is 0 Å². The normalized spacial score (nSPS) is 12.8. The summed E-state index contributed by atoms with van der Waals surface area (Å²) in [6.07, 6.45) is -0.701. The van der Waals surface area contributed by atoms with Gasteiger partial charge in [0.2, 0.25) is 0 Å². The molecule has 1 heterocycles. The minimum Gasteiger partial charge on any atom is -0.493 e. The highest BCUT2D eigenvalue weighted by Gasteiger charge is 2.19. The quantitative estimate of drug-likeness (QED) is 0.445. The molecular formula is C20H16O4. The van der Waals surface area contributed by atoms with Crippen LogP contribution in [-0.4, -0.2) is 12.2 Å². The van der Waals surface area contributed by atoms with E-state index >= 15 is 0 Å². The second-order valence-electron chi connectivity index (χ2n) is 5.84. The smallest absolute Gasteiger partial charge is 0.344 e.